The van der Waals surface area contributed by atoms with E-state index in [9.17, 15) is 14.7 Å². The van der Waals surface area contributed by atoms with Gasteiger partial charge in [-0.1, -0.05) is 12.1 Å². The second-order valence-corrected chi connectivity index (χ2v) is 6.21. The zero-order valence-electron chi connectivity index (χ0n) is 13.5. The molecule has 0 aliphatic rings. The third-order valence-electron chi connectivity index (χ3n) is 3.56. The molecule has 1 heterocycles. The van der Waals surface area contributed by atoms with Crippen LogP contribution in [0, 0.1) is 5.92 Å². The number of thiophene rings is 1. The van der Waals surface area contributed by atoms with Gasteiger partial charge in [-0.05, 0) is 53.4 Å². The molecule has 0 saturated heterocycles. The van der Waals surface area contributed by atoms with Crippen LogP contribution in [-0.2, 0) is 22.4 Å². The molecular formula is C18H21NO4S. The molecule has 0 bridgehead atoms. The van der Waals surface area contributed by atoms with Gasteiger partial charge in [0.05, 0.1) is 18.9 Å². The second kappa shape index (κ2) is 9.08. The first-order chi connectivity index (χ1) is 11.6. The van der Waals surface area contributed by atoms with Gasteiger partial charge < -0.3 is 15.2 Å². The third-order valence-corrected chi connectivity index (χ3v) is 4.29. The highest BCUT2D eigenvalue weighted by Gasteiger charge is 2.19. The van der Waals surface area contributed by atoms with Crippen molar-refractivity contribution in [2.75, 3.05) is 13.2 Å². The SMILES string of the molecule is CCOc1ccc(CC(CNC(=O)Cc2ccsc2)C(=O)O)cc1. The van der Waals surface area contributed by atoms with Crippen LogP contribution in [0.15, 0.2) is 41.1 Å². The smallest absolute Gasteiger partial charge is 0.308 e. The van der Waals surface area contributed by atoms with Gasteiger partial charge in [-0.15, -0.1) is 0 Å². The van der Waals surface area contributed by atoms with Crippen molar-refractivity contribution in [3.05, 3.63) is 52.2 Å². The summed E-state index contributed by atoms with van der Waals surface area (Å²) in [6, 6.07) is 9.25. The lowest BCUT2D eigenvalue weighted by Crippen LogP contribution is -2.34. The van der Waals surface area contributed by atoms with Gasteiger partial charge in [0.1, 0.15) is 5.75 Å². The lowest BCUT2D eigenvalue weighted by Gasteiger charge is -2.14. The lowest BCUT2D eigenvalue weighted by atomic mass is 9.99. The van der Waals surface area contributed by atoms with E-state index in [1.54, 1.807) is 0 Å². The minimum absolute atomic E-state index is 0.117. The maximum atomic E-state index is 11.9. The van der Waals surface area contributed by atoms with Gasteiger partial charge in [0.2, 0.25) is 5.91 Å². The Morgan fingerprint density at radius 2 is 1.96 bits per heavy atom. The molecule has 2 N–H and O–H groups in total. The molecule has 0 aliphatic heterocycles. The normalized spacial score (nSPS) is 11.7. The molecule has 0 aliphatic carbocycles. The summed E-state index contributed by atoms with van der Waals surface area (Å²) < 4.78 is 5.37. The summed E-state index contributed by atoms with van der Waals surface area (Å²) in [5.74, 6) is -0.974. The lowest BCUT2D eigenvalue weighted by molar-refractivity contribution is -0.141. The fraction of sp³-hybridized carbons (Fsp3) is 0.333. The van der Waals surface area contributed by atoms with Crippen LogP contribution in [0.4, 0.5) is 0 Å². The number of benzene rings is 1. The van der Waals surface area contributed by atoms with Crippen LogP contribution in [0.2, 0.25) is 0 Å². The molecule has 1 unspecified atom stereocenters. The molecule has 1 atom stereocenters. The largest absolute Gasteiger partial charge is 0.494 e. The maximum Gasteiger partial charge on any atom is 0.308 e. The quantitative estimate of drug-likeness (QED) is 0.731. The number of carboxylic acids is 1. The predicted molar refractivity (Wildman–Crippen MR) is 93.5 cm³/mol. The highest BCUT2D eigenvalue weighted by atomic mass is 32.1. The Labute approximate surface area is 145 Å². The number of hydrogen-bond donors (Lipinski definition) is 2. The van der Waals surface area contributed by atoms with E-state index in [0.717, 1.165) is 16.9 Å². The number of carboxylic acid groups (broad SMARTS) is 1. The number of carbonyl (C=O) groups is 2. The Hall–Kier alpha value is -2.34. The van der Waals surface area contributed by atoms with Crippen LogP contribution in [0.25, 0.3) is 0 Å². The molecule has 0 spiro atoms. The molecule has 1 amide bonds. The molecular weight excluding hydrogens is 326 g/mol. The van der Waals surface area contributed by atoms with Crippen molar-refractivity contribution >= 4 is 23.2 Å². The number of aliphatic carboxylic acids is 1. The van der Waals surface area contributed by atoms with Gasteiger partial charge in [-0.25, -0.2) is 0 Å². The van der Waals surface area contributed by atoms with Crippen LogP contribution in [0.5, 0.6) is 5.75 Å². The van der Waals surface area contributed by atoms with Crippen molar-refractivity contribution in [3.8, 4) is 5.75 Å². The minimum atomic E-state index is -0.917. The van der Waals surface area contributed by atoms with Crippen molar-refractivity contribution < 1.29 is 19.4 Å². The van der Waals surface area contributed by atoms with E-state index in [1.807, 2.05) is 48.0 Å². The van der Waals surface area contributed by atoms with Crippen molar-refractivity contribution in [3.63, 3.8) is 0 Å². The van der Waals surface area contributed by atoms with Gasteiger partial charge in [0.15, 0.2) is 0 Å². The van der Waals surface area contributed by atoms with Gasteiger partial charge >= 0.3 is 5.97 Å². The maximum absolute atomic E-state index is 11.9. The van der Waals surface area contributed by atoms with Gasteiger partial charge in [0.25, 0.3) is 0 Å². The summed E-state index contributed by atoms with van der Waals surface area (Å²) >= 11 is 1.53. The fourth-order valence-electron chi connectivity index (χ4n) is 2.30. The first-order valence-corrected chi connectivity index (χ1v) is 8.75. The summed E-state index contributed by atoms with van der Waals surface area (Å²) in [4.78, 5) is 23.3. The van der Waals surface area contributed by atoms with Gasteiger partial charge in [-0.2, -0.15) is 11.3 Å². The molecule has 2 aromatic rings. The molecule has 24 heavy (non-hydrogen) atoms. The van der Waals surface area contributed by atoms with Crippen LogP contribution in [0.3, 0.4) is 0 Å². The number of hydrogen-bond acceptors (Lipinski definition) is 4. The minimum Gasteiger partial charge on any atom is -0.494 e. The van der Waals surface area contributed by atoms with Crippen LogP contribution in [-0.4, -0.2) is 30.1 Å². The van der Waals surface area contributed by atoms with Crippen molar-refractivity contribution in [1.29, 1.82) is 0 Å². The topological polar surface area (TPSA) is 75.6 Å². The summed E-state index contributed by atoms with van der Waals surface area (Å²) in [5.41, 5.74) is 1.84. The average molecular weight is 347 g/mol. The Morgan fingerprint density at radius 1 is 1.21 bits per heavy atom. The van der Waals surface area contributed by atoms with E-state index in [2.05, 4.69) is 5.32 Å². The molecule has 2 rings (SSSR count). The number of ether oxygens (including phenoxy) is 1. The molecule has 0 fully saturated rings. The molecule has 1 aromatic carbocycles. The molecule has 1 aromatic heterocycles. The standard InChI is InChI=1S/C18H21NO4S/c1-2-23-16-5-3-13(4-6-16)9-15(18(21)22)11-19-17(20)10-14-7-8-24-12-14/h3-8,12,15H,2,9-11H2,1H3,(H,19,20)(H,21,22). The molecule has 0 radical (unpaired) electrons. The van der Waals surface area contributed by atoms with Crippen molar-refractivity contribution in [1.82, 2.24) is 5.32 Å². The average Bonchev–Trinajstić information content (AvgIpc) is 3.06. The Kier molecular flexibility index (Phi) is 6.81. The summed E-state index contributed by atoms with van der Waals surface area (Å²) in [7, 11) is 0. The third kappa shape index (κ3) is 5.70. The van der Waals surface area contributed by atoms with Crippen molar-refractivity contribution in [2.45, 2.75) is 19.8 Å². The highest BCUT2D eigenvalue weighted by molar-refractivity contribution is 7.07. The second-order valence-electron chi connectivity index (χ2n) is 5.43. The molecule has 5 nitrogen and oxygen atoms in total. The number of rotatable bonds is 9. The Morgan fingerprint density at radius 3 is 2.54 bits per heavy atom. The monoisotopic (exact) mass is 347 g/mol. The first-order valence-electron chi connectivity index (χ1n) is 7.80. The van der Waals surface area contributed by atoms with Gasteiger partial charge in [0, 0.05) is 6.54 Å². The van der Waals surface area contributed by atoms with E-state index in [4.69, 9.17) is 4.74 Å². The summed E-state index contributed by atoms with van der Waals surface area (Å²) in [5, 5.41) is 15.9. The van der Waals surface area contributed by atoms with E-state index in [1.165, 1.54) is 11.3 Å². The van der Waals surface area contributed by atoms with E-state index in [0.29, 0.717) is 13.0 Å². The summed E-state index contributed by atoms with van der Waals surface area (Å²) in [6.45, 7) is 2.62. The first kappa shape index (κ1) is 18.0. The van der Waals surface area contributed by atoms with Crippen LogP contribution < -0.4 is 10.1 Å². The molecule has 0 saturated carbocycles. The van der Waals surface area contributed by atoms with Gasteiger partial charge in [-0.3, -0.25) is 9.59 Å². The predicted octanol–water partition coefficient (Wildman–Crippen LogP) is 2.75. The summed E-state index contributed by atoms with van der Waals surface area (Å²) in [6.07, 6.45) is 0.638. The van der Waals surface area contributed by atoms with E-state index >= 15 is 0 Å². The highest BCUT2D eigenvalue weighted by Crippen LogP contribution is 2.15. The van der Waals surface area contributed by atoms with Crippen molar-refractivity contribution in [2.24, 2.45) is 5.92 Å². The number of nitrogens with one attached hydrogen (secondary N) is 1. The van der Waals surface area contributed by atoms with Crippen LogP contribution >= 0.6 is 11.3 Å². The zero-order chi connectivity index (χ0) is 17.4. The Balaban J connectivity index is 1.87. The zero-order valence-corrected chi connectivity index (χ0v) is 14.3. The van der Waals surface area contributed by atoms with E-state index in [-0.39, 0.29) is 18.9 Å². The number of amides is 1. The molecule has 6 heteroatoms. The fourth-order valence-corrected chi connectivity index (χ4v) is 2.97. The van der Waals surface area contributed by atoms with Crippen LogP contribution in [0.1, 0.15) is 18.1 Å². The molecule has 128 valence electrons. The Bertz CT molecular complexity index is 652. The number of carbonyl (C=O) groups excluding carboxylic acids is 1. The van der Waals surface area contributed by atoms with E-state index < -0.39 is 11.9 Å².